The highest BCUT2D eigenvalue weighted by Gasteiger charge is 2.23. The molecule has 0 aliphatic rings. The van der Waals surface area contributed by atoms with Gasteiger partial charge in [0.15, 0.2) is 17.3 Å². The molecular formula is C23H21Cl2NO4. The molecule has 156 valence electrons. The van der Waals surface area contributed by atoms with Crippen LogP contribution >= 0.6 is 23.2 Å². The van der Waals surface area contributed by atoms with E-state index in [4.69, 9.17) is 37.4 Å². The number of pyridine rings is 1. The molecule has 3 aromatic rings. The van der Waals surface area contributed by atoms with E-state index in [0.717, 1.165) is 11.1 Å². The number of hydrogen-bond acceptors (Lipinski definition) is 5. The standard InChI is InChI=1S/C23H21Cl2NO4/c1-14-4-6-15(7-5-14)13-30-22-16(8-9-21(28-2)23(22)29-3)20(27)10-17-18(24)11-26-12-19(17)25/h4-9,11-12H,10,13H2,1-3H3. The highest BCUT2D eigenvalue weighted by atomic mass is 35.5. The van der Waals surface area contributed by atoms with Crippen LogP contribution in [-0.4, -0.2) is 25.0 Å². The molecule has 30 heavy (non-hydrogen) atoms. The van der Waals surface area contributed by atoms with Crippen LogP contribution in [0.3, 0.4) is 0 Å². The van der Waals surface area contributed by atoms with Crippen LogP contribution in [0.4, 0.5) is 0 Å². The molecule has 0 aliphatic carbocycles. The first-order valence-corrected chi connectivity index (χ1v) is 9.94. The maximum absolute atomic E-state index is 13.1. The molecule has 0 atom stereocenters. The Morgan fingerprint density at radius 3 is 2.20 bits per heavy atom. The molecule has 0 N–H and O–H groups in total. The van der Waals surface area contributed by atoms with E-state index in [1.54, 1.807) is 12.1 Å². The summed E-state index contributed by atoms with van der Waals surface area (Å²) in [5.74, 6) is 0.906. The first kappa shape index (κ1) is 21.9. The molecule has 0 spiro atoms. The number of halogens is 2. The van der Waals surface area contributed by atoms with Gasteiger partial charge in [0.05, 0.1) is 29.8 Å². The summed E-state index contributed by atoms with van der Waals surface area (Å²) in [4.78, 5) is 17.1. The van der Waals surface area contributed by atoms with Gasteiger partial charge in [0.25, 0.3) is 0 Å². The van der Waals surface area contributed by atoms with Gasteiger partial charge in [-0.15, -0.1) is 0 Å². The fourth-order valence-corrected chi connectivity index (χ4v) is 3.46. The number of ketones is 1. The van der Waals surface area contributed by atoms with Crippen LogP contribution in [-0.2, 0) is 13.0 Å². The van der Waals surface area contributed by atoms with Crippen molar-refractivity contribution in [1.82, 2.24) is 4.98 Å². The minimum Gasteiger partial charge on any atom is -0.493 e. The number of Topliss-reactive ketones (excluding diaryl/α,β-unsaturated/α-hetero) is 1. The first-order valence-electron chi connectivity index (χ1n) is 9.19. The summed E-state index contributed by atoms with van der Waals surface area (Å²) >= 11 is 12.4. The fourth-order valence-electron chi connectivity index (χ4n) is 2.96. The largest absolute Gasteiger partial charge is 0.493 e. The van der Waals surface area contributed by atoms with Gasteiger partial charge >= 0.3 is 0 Å². The molecule has 0 saturated carbocycles. The molecule has 5 nitrogen and oxygen atoms in total. The number of ether oxygens (including phenoxy) is 3. The van der Waals surface area contributed by atoms with Crippen molar-refractivity contribution in [2.45, 2.75) is 20.0 Å². The number of nitrogens with zero attached hydrogens (tertiary/aromatic N) is 1. The Morgan fingerprint density at radius 1 is 0.933 bits per heavy atom. The maximum atomic E-state index is 13.1. The van der Waals surface area contributed by atoms with Crippen molar-refractivity contribution in [1.29, 1.82) is 0 Å². The number of methoxy groups -OCH3 is 2. The average molecular weight is 446 g/mol. The van der Waals surface area contributed by atoms with Gasteiger partial charge in [0.2, 0.25) is 5.75 Å². The van der Waals surface area contributed by atoms with Crippen molar-refractivity contribution in [2.24, 2.45) is 0 Å². The van der Waals surface area contributed by atoms with Gasteiger partial charge in [-0.1, -0.05) is 53.0 Å². The Balaban J connectivity index is 1.96. The van der Waals surface area contributed by atoms with E-state index in [1.807, 2.05) is 31.2 Å². The number of benzene rings is 2. The zero-order valence-corrected chi connectivity index (χ0v) is 18.4. The molecule has 0 saturated heterocycles. The molecule has 1 heterocycles. The Bertz CT molecular complexity index is 1030. The third-order valence-electron chi connectivity index (χ3n) is 4.59. The summed E-state index contributed by atoms with van der Waals surface area (Å²) in [7, 11) is 3.03. The zero-order chi connectivity index (χ0) is 21.7. The Morgan fingerprint density at radius 2 is 1.60 bits per heavy atom. The van der Waals surface area contributed by atoms with E-state index < -0.39 is 0 Å². The van der Waals surface area contributed by atoms with Gasteiger partial charge in [-0.3, -0.25) is 9.78 Å². The molecule has 1 aromatic heterocycles. The number of carbonyl (C=O) groups is 1. The number of aryl methyl sites for hydroxylation is 1. The molecule has 0 fully saturated rings. The second-order valence-electron chi connectivity index (χ2n) is 6.63. The number of rotatable bonds is 8. The van der Waals surface area contributed by atoms with Gasteiger partial charge in [-0.05, 0) is 24.6 Å². The van der Waals surface area contributed by atoms with Crippen molar-refractivity contribution in [3.05, 3.63) is 81.1 Å². The third kappa shape index (κ3) is 4.86. The quantitative estimate of drug-likeness (QED) is 0.415. The second-order valence-corrected chi connectivity index (χ2v) is 7.45. The van der Waals surface area contributed by atoms with Gasteiger partial charge in [-0.25, -0.2) is 0 Å². The smallest absolute Gasteiger partial charge is 0.204 e. The van der Waals surface area contributed by atoms with Crippen molar-refractivity contribution in [2.75, 3.05) is 14.2 Å². The fraction of sp³-hybridized carbons (Fsp3) is 0.217. The normalized spacial score (nSPS) is 10.6. The molecule has 3 rings (SSSR count). The summed E-state index contributed by atoms with van der Waals surface area (Å²) < 4.78 is 16.9. The zero-order valence-electron chi connectivity index (χ0n) is 16.9. The maximum Gasteiger partial charge on any atom is 0.204 e. The van der Waals surface area contributed by atoms with E-state index in [-0.39, 0.29) is 18.8 Å². The summed E-state index contributed by atoms with van der Waals surface area (Å²) in [5.41, 5.74) is 2.98. The summed E-state index contributed by atoms with van der Waals surface area (Å²) in [6.45, 7) is 2.28. The van der Waals surface area contributed by atoms with Gasteiger partial charge in [0.1, 0.15) is 6.61 Å². The molecule has 7 heteroatoms. The number of hydrogen-bond donors (Lipinski definition) is 0. The molecule has 2 aromatic carbocycles. The minimum atomic E-state index is -0.218. The third-order valence-corrected chi connectivity index (χ3v) is 5.25. The minimum absolute atomic E-state index is 0.00341. The molecular weight excluding hydrogens is 425 g/mol. The van der Waals surface area contributed by atoms with Crippen LogP contribution < -0.4 is 14.2 Å². The summed E-state index contributed by atoms with van der Waals surface area (Å²) in [6, 6.07) is 11.3. The average Bonchev–Trinajstić information content (AvgIpc) is 2.75. The van der Waals surface area contributed by atoms with Crippen LogP contribution in [0, 0.1) is 6.92 Å². The molecule has 0 unspecified atom stereocenters. The monoisotopic (exact) mass is 445 g/mol. The predicted molar refractivity (Wildman–Crippen MR) is 117 cm³/mol. The molecule has 0 amide bonds. The van der Waals surface area contributed by atoms with Crippen LogP contribution in [0.25, 0.3) is 0 Å². The lowest BCUT2D eigenvalue weighted by molar-refractivity contribution is 0.0987. The van der Waals surface area contributed by atoms with Crippen molar-refractivity contribution in [3.8, 4) is 17.2 Å². The van der Waals surface area contributed by atoms with E-state index in [0.29, 0.717) is 38.4 Å². The lowest BCUT2D eigenvalue weighted by Crippen LogP contribution is -2.10. The second kappa shape index (κ2) is 9.83. The first-order chi connectivity index (χ1) is 14.4. The van der Waals surface area contributed by atoms with Crippen LogP contribution in [0.2, 0.25) is 10.0 Å². The van der Waals surface area contributed by atoms with Gasteiger partial charge in [-0.2, -0.15) is 0 Å². The Kier molecular flexibility index (Phi) is 7.19. The predicted octanol–water partition coefficient (Wildman–Crippen LogP) is 5.72. The Hall–Kier alpha value is -2.76. The number of carbonyl (C=O) groups excluding carboxylic acids is 1. The van der Waals surface area contributed by atoms with Gasteiger partial charge in [0, 0.05) is 24.4 Å². The topological polar surface area (TPSA) is 57.7 Å². The SMILES string of the molecule is COc1ccc(C(=O)Cc2c(Cl)cncc2Cl)c(OCc2ccc(C)cc2)c1OC. The van der Waals surface area contributed by atoms with Crippen LogP contribution in [0.5, 0.6) is 17.2 Å². The highest BCUT2D eigenvalue weighted by molar-refractivity contribution is 6.36. The molecule has 0 radical (unpaired) electrons. The van der Waals surface area contributed by atoms with E-state index >= 15 is 0 Å². The van der Waals surface area contributed by atoms with Crippen molar-refractivity contribution in [3.63, 3.8) is 0 Å². The van der Waals surface area contributed by atoms with E-state index in [2.05, 4.69) is 4.98 Å². The van der Waals surface area contributed by atoms with Crippen molar-refractivity contribution >= 4 is 29.0 Å². The lowest BCUT2D eigenvalue weighted by Gasteiger charge is -2.17. The van der Waals surface area contributed by atoms with Gasteiger partial charge < -0.3 is 14.2 Å². The van der Waals surface area contributed by atoms with E-state index in [1.165, 1.54) is 26.6 Å². The molecule has 0 aliphatic heterocycles. The summed E-state index contributed by atoms with van der Waals surface area (Å²) in [5, 5.41) is 0.664. The molecule has 0 bridgehead atoms. The van der Waals surface area contributed by atoms with Crippen LogP contribution in [0.1, 0.15) is 27.0 Å². The number of aromatic nitrogens is 1. The summed E-state index contributed by atoms with van der Waals surface area (Å²) in [6.07, 6.45) is 2.91. The van der Waals surface area contributed by atoms with Crippen LogP contribution in [0.15, 0.2) is 48.8 Å². The Labute approximate surface area is 185 Å². The lowest BCUT2D eigenvalue weighted by atomic mass is 10.0. The highest BCUT2D eigenvalue weighted by Crippen LogP contribution is 2.41. The van der Waals surface area contributed by atoms with E-state index in [9.17, 15) is 4.79 Å². The van der Waals surface area contributed by atoms with Crippen molar-refractivity contribution < 1.29 is 19.0 Å².